The second-order valence-corrected chi connectivity index (χ2v) is 6.64. The Morgan fingerprint density at radius 1 is 1.33 bits per heavy atom. The normalized spacial score (nSPS) is 16.1. The van der Waals surface area contributed by atoms with Crippen LogP contribution in [0.15, 0.2) is 23.0 Å². The third kappa shape index (κ3) is 3.71. The van der Waals surface area contributed by atoms with E-state index in [4.69, 9.17) is 4.52 Å². The van der Waals surface area contributed by atoms with Crippen LogP contribution in [0.1, 0.15) is 38.0 Å². The fourth-order valence-electron chi connectivity index (χ4n) is 2.45. The van der Waals surface area contributed by atoms with Gasteiger partial charge in [0.2, 0.25) is 0 Å². The van der Waals surface area contributed by atoms with Crippen molar-refractivity contribution in [3.63, 3.8) is 0 Å². The molecule has 3 rings (SSSR count). The predicted octanol–water partition coefficient (Wildman–Crippen LogP) is 1.77. The Morgan fingerprint density at radius 2 is 2.19 bits per heavy atom. The predicted molar refractivity (Wildman–Crippen MR) is 79.4 cm³/mol. The molecule has 6 nitrogen and oxygen atoms in total. The van der Waals surface area contributed by atoms with Crippen LogP contribution in [0.3, 0.4) is 0 Å². The Balaban J connectivity index is 1.56. The zero-order chi connectivity index (χ0) is 14.9. The van der Waals surface area contributed by atoms with Crippen LogP contribution in [0.5, 0.6) is 0 Å². The molecule has 0 bridgehead atoms. The Bertz CT molecular complexity index is 595. The lowest BCUT2D eigenvalue weighted by Gasteiger charge is -2.26. The second kappa shape index (κ2) is 5.61. The van der Waals surface area contributed by atoms with Crippen molar-refractivity contribution in [1.29, 1.82) is 0 Å². The summed E-state index contributed by atoms with van der Waals surface area (Å²) < 4.78 is 7.65. The Kier molecular flexibility index (Phi) is 3.82. The van der Waals surface area contributed by atoms with Crippen molar-refractivity contribution in [2.24, 2.45) is 0 Å². The number of hydrogen-bond donors (Lipinski definition) is 1. The van der Waals surface area contributed by atoms with Gasteiger partial charge in [0.25, 0.3) is 0 Å². The first-order chi connectivity index (χ1) is 9.99. The van der Waals surface area contributed by atoms with E-state index < -0.39 is 0 Å². The molecule has 0 spiro atoms. The van der Waals surface area contributed by atoms with Gasteiger partial charge in [0, 0.05) is 43.6 Å². The molecule has 6 heteroatoms. The van der Waals surface area contributed by atoms with Gasteiger partial charge in [-0.3, -0.25) is 4.90 Å². The maximum atomic E-state index is 5.44. The summed E-state index contributed by atoms with van der Waals surface area (Å²) in [5, 5.41) is 7.55. The van der Waals surface area contributed by atoms with E-state index in [1.807, 2.05) is 18.5 Å². The van der Waals surface area contributed by atoms with E-state index in [1.54, 1.807) is 0 Å². The molecule has 0 atom stereocenters. The van der Waals surface area contributed by atoms with Crippen LogP contribution in [0, 0.1) is 0 Å². The zero-order valence-electron chi connectivity index (χ0n) is 13.0. The highest BCUT2D eigenvalue weighted by Crippen LogP contribution is 2.15. The van der Waals surface area contributed by atoms with Crippen LogP contribution < -0.4 is 5.32 Å². The van der Waals surface area contributed by atoms with E-state index in [1.165, 1.54) is 0 Å². The average Bonchev–Trinajstić information content (AvgIpc) is 3.04. The van der Waals surface area contributed by atoms with Crippen LogP contribution in [0.2, 0.25) is 0 Å². The summed E-state index contributed by atoms with van der Waals surface area (Å²) >= 11 is 0. The molecule has 2 aromatic rings. The van der Waals surface area contributed by atoms with Crippen molar-refractivity contribution in [1.82, 2.24) is 24.9 Å². The van der Waals surface area contributed by atoms with Crippen molar-refractivity contribution < 1.29 is 4.52 Å². The van der Waals surface area contributed by atoms with E-state index in [0.717, 1.165) is 50.0 Å². The van der Waals surface area contributed by atoms with Gasteiger partial charge in [-0.15, -0.1) is 0 Å². The number of nitrogens with zero attached hydrogens (tertiary/aromatic N) is 4. The molecule has 0 saturated heterocycles. The molecule has 1 aliphatic rings. The van der Waals surface area contributed by atoms with Gasteiger partial charge >= 0.3 is 0 Å². The molecule has 0 amide bonds. The molecule has 0 aliphatic carbocycles. The zero-order valence-corrected chi connectivity index (χ0v) is 13.0. The van der Waals surface area contributed by atoms with Gasteiger partial charge in [0.15, 0.2) is 5.76 Å². The highest BCUT2D eigenvalue weighted by Gasteiger charge is 2.18. The fourth-order valence-corrected chi connectivity index (χ4v) is 2.45. The Morgan fingerprint density at radius 3 is 3.00 bits per heavy atom. The molecule has 0 fully saturated rings. The van der Waals surface area contributed by atoms with Gasteiger partial charge in [0.05, 0.1) is 18.8 Å². The average molecular weight is 289 g/mol. The number of rotatable bonds is 4. The number of hydrogen-bond acceptors (Lipinski definition) is 5. The SMILES string of the molecule is CC(C)(C)NCc1cc(CN2CCn3ccnc3C2)on1. The monoisotopic (exact) mass is 289 g/mol. The molecular formula is C15H23N5O. The van der Waals surface area contributed by atoms with E-state index in [9.17, 15) is 0 Å². The number of fused-ring (bicyclic) bond motifs is 1. The molecule has 3 heterocycles. The lowest BCUT2D eigenvalue weighted by Crippen LogP contribution is -2.35. The van der Waals surface area contributed by atoms with Gasteiger partial charge in [-0.25, -0.2) is 4.98 Å². The summed E-state index contributed by atoms with van der Waals surface area (Å²) in [6.45, 7) is 10.8. The topological polar surface area (TPSA) is 59.1 Å². The van der Waals surface area contributed by atoms with Gasteiger partial charge in [-0.1, -0.05) is 5.16 Å². The second-order valence-electron chi connectivity index (χ2n) is 6.64. The van der Waals surface area contributed by atoms with Crippen molar-refractivity contribution in [3.8, 4) is 0 Å². The molecule has 114 valence electrons. The molecule has 0 radical (unpaired) electrons. The van der Waals surface area contributed by atoms with Crippen molar-refractivity contribution in [2.75, 3.05) is 6.54 Å². The van der Waals surface area contributed by atoms with E-state index in [0.29, 0.717) is 0 Å². The first-order valence-corrected chi connectivity index (χ1v) is 7.41. The van der Waals surface area contributed by atoms with Gasteiger partial charge in [-0.2, -0.15) is 0 Å². The quantitative estimate of drug-likeness (QED) is 0.929. The summed E-state index contributed by atoms with van der Waals surface area (Å²) in [7, 11) is 0. The van der Waals surface area contributed by atoms with Crippen LogP contribution in [0.4, 0.5) is 0 Å². The first-order valence-electron chi connectivity index (χ1n) is 7.41. The third-order valence-corrected chi connectivity index (χ3v) is 3.61. The van der Waals surface area contributed by atoms with Crippen molar-refractivity contribution in [2.45, 2.75) is 52.5 Å². The largest absolute Gasteiger partial charge is 0.360 e. The third-order valence-electron chi connectivity index (χ3n) is 3.61. The molecule has 21 heavy (non-hydrogen) atoms. The molecule has 1 aliphatic heterocycles. The van der Waals surface area contributed by atoms with Crippen LogP contribution in [-0.2, 0) is 26.2 Å². The molecule has 2 aromatic heterocycles. The lowest BCUT2D eigenvalue weighted by molar-refractivity contribution is 0.186. The van der Waals surface area contributed by atoms with E-state index in [2.05, 4.69) is 45.7 Å². The number of aromatic nitrogens is 3. The smallest absolute Gasteiger partial charge is 0.151 e. The summed E-state index contributed by atoms with van der Waals surface area (Å²) in [5.74, 6) is 2.04. The minimum absolute atomic E-state index is 0.0864. The summed E-state index contributed by atoms with van der Waals surface area (Å²) in [5.41, 5.74) is 1.04. The highest BCUT2D eigenvalue weighted by molar-refractivity contribution is 5.06. The maximum Gasteiger partial charge on any atom is 0.151 e. The van der Waals surface area contributed by atoms with E-state index in [-0.39, 0.29) is 5.54 Å². The van der Waals surface area contributed by atoms with Crippen LogP contribution in [0.25, 0.3) is 0 Å². The van der Waals surface area contributed by atoms with Gasteiger partial charge in [-0.05, 0) is 20.8 Å². The number of nitrogens with one attached hydrogen (secondary N) is 1. The lowest BCUT2D eigenvalue weighted by atomic mass is 10.1. The highest BCUT2D eigenvalue weighted by atomic mass is 16.5. The summed E-state index contributed by atoms with van der Waals surface area (Å²) in [6, 6.07) is 2.04. The molecule has 0 aromatic carbocycles. The minimum atomic E-state index is 0.0864. The molecule has 0 unspecified atom stereocenters. The van der Waals surface area contributed by atoms with Gasteiger partial charge in [0.1, 0.15) is 5.82 Å². The fraction of sp³-hybridized carbons (Fsp3) is 0.600. The number of imidazole rings is 1. The first kappa shape index (κ1) is 14.3. The Labute approximate surface area is 125 Å². The molecular weight excluding hydrogens is 266 g/mol. The Hall–Kier alpha value is -1.66. The molecule has 1 N–H and O–H groups in total. The standard InChI is InChI=1S/C15H23N5O/c1-15(2,3)17-9-12-8-13(21-18-12)10-19-6-7-20-5-4-16-14(20)11-19/h4-5,8,17H,6-7,9-11H2,1-3H3. The minimum Gasteiger partial charge on any atom is -0.360 e. The van der Waals surface area contributed by atoms with Crippen molar-refractivity contribution in [3.05, 3.63) is 35.7 Å². The maximum absolute atomic E-state index is 5.44. The molecule has 0 saturated carbocycles. The van der Waals surface area contributed by atoms with Gasteiger partial charge < -0.3 is 14.4 Å². The van der Waals surface area contributed by atoms with Crippen molar-refractivity contribution >= 4 is 0 Å². The summed E-state index contributed by atoms with van der Waals surface area (Å²) in [4.78, 5) is 6.71. The van der Waals surface area contributed by atoms with E-state index >= 15 is 0 Å². The summed E-state index contributed by atoms with van der Waals surface area (Å²) in [6.07, 6.45) is 3.90. The van der Waals surface area contributed by atoms with Crippen LogP contribution in [-0.4, -0.2) is 31.7 Å². The van der Waals surface area contributed by atoms with Crippen LogP contribution >= 0.6 is 0 Å².